The summed E-state index contributed by atoms with van der Waals surface area (Å²) >= 11 is 0. The van der Waals surface area contributed by atoms with Crippen LogP contribution in [-0.2, 0) is 5.41 Å². The van der Waals surface area contributed by atoms with E-state index in [0.29, 0.717) is 11.8 Å². The van der Waals surface area contributed by atoms with E-state index in [1.165, 1.54) is 27.8 Å². The number of hydrogen-bond donors (Lipinski definition) is 0. The highest BCUT2D eigenvalue weighted by Gasteiger charge is 2.21. The van der Waals surface area contributed by atoms with Crippen LogP contribution in [0.2, 0.25) is 0 Å². The zero-order valence-corrected chi connectivity index (χ0v) is 16.3. The standard InChI is InChI=1S/C24H29N/c1-16-13-20(15-21(14-16)24(4,5)6)17(2)18(3)22-12-11-19-9-7-8-10-23(19)25-22/h7-15,17-18H,1-6H3/t17-,18+/m0/s1. The van der Waals surface area contributed by atoms with Gasteiger partial charge in [0.05, 0.1) is 5.52 Å². The molecule has 1 heteroatoms. The van der Waals surface area contributed by atoms with E-state index in [1.54, 1.807) is 0 Å². The molecule has 0 radical (unpaired) electrons. The van der Waals surface area contributed by atoms with Crippen molar-refractivity contribution in [3.8, 4) is 0 Å². The van der Waals surface area contributed by atoms with Crippen LogP contribution in [0.3, 0.4) is 0 Å². The molecule has 1 nitrogen and oxygen atoms in total. The molecule has 130 valence electrons. The van der Waals surface area contributed by atoms with Gasteiger partial charge in [0, 0.05) is 17.0 Å². The minimum Gasteiger partial charge on any atom is -0.253 e. The fourth-order valence-corrected chi connectivity index (χ4v) is 3.39. The maximum Gasteiger partial charge on any atom is 0.0705 e. The second-order valence-electron chi connectivity index (χ2n) is 8.39. The molecule has 0 aliphatic rings. The van der Waals surface area contributed by atoms with E-state index in [-0.39, 0.29) is 5.41 Å². The Balaban J connectivity index is 1.96. The molecule has 0 fully saturated rings. The predicted octanol–water partition coefficient (Wildman–Crippen LogP) is 6.75. The number of pyridine rings is 1. The Kier molecular flexibility index (Phi) is 4.69. The van der Waals surface area contributed by atoms with Gasteiger partial charge in [-0.2, -0.15) is 0 Å². The summed E-state index contributed by atoms with van der Waals surface area (Å²) in [5.41, 5.74) is 6.59. The molecule has 1 aromatic heterocycles. The van der Waals surface area contributed by atoms with Gasteiger partial charge in [0.1, 0.15) is 0 Å². The summed E-state index contributed by atoms with van der Waals surface area (Å²) in [6.07, 6.45) is 0. The summed E-state index contributed by atoms with van der Waals surface area (Å²) in [5.74, 6) is 0.800. The minimum atomic E-state index is 0.172. The fraction of sp³-hybridized carbons (Fsp3) is 0.375. The maximum atomic E-state index is 4.92. The molecule has 0 spiro atoms. The Morgan fingerprint density at radius 2 is 1.56 bits per heavy atom. The normalized spacial score (nSPS) is 14.5. The molecular weight excluding hydrogens is 302 g/mol. The van der Waals surface area contributed by atoms with Crippen molar-refractivity contribution in [3.05, 3.63) is 77.0 Å². The van der Waals surface area contributed by atoms with Gasteiger partial charge in [0.2, 0.25) is 0 Å². The van der Waals surface area contributed by atoms with Crippen LogP contribution in [-0.4, -0.2) is 4.98 Å². The number of hydrogen-bond acceptors (Lipinski definition) is 1. The number of aryl methyl sites for hydroxylation is 1. The number of benzene rings is 2. The molecule has 2 aromatic carbocycles. The first-order valence-electron chi connectivity index (χ1n) is 9.23. The Labute approximate surface area is 152 Å². The second-order valence-corrected chi connectivity index (χ2v) is 8.39. The molecule has 0 amide bonds. The van der Waals surface area contributed by atoms with E-state index in [4.69, 9.17) is 4.98 Å². The Morgan fingerprint density at radius 1 is 0.840 bits per heavy atom. The zero-order valence-electron chi connectivity index (χ0n) is 16.3. The topological polar surface area (TPSA) is 12.9 Å². The van der Waals surface area contributed by atoms with Crippen LogP contribution in [0.4, 0.5) is 0 Å². The van der Waals surface area contributed by atoms with E-state index in [9.17, 15) is 0 Å². The first-order chi connectivity index (χ1) is 11.8. The van der Waals surface area contributed by atoms with E-state index in [1.807, 2.05) is 0 Å². The van der Waals surface area contributed by atoms with Crippen LogP contribution >= 0.6 is 0 Å². The monoisotopic (exact) mass is 331 g/mol. The van der Waals surface area contributed by atoms with Gasteiger partial charge in [-0.1, -0.05) is 82.6 Å². The summed E-state index contributed by atoms with van der Waals surface area (Å²) in [5, 5.41) is 1.21. The van der Waals surface area contributed by atoms with Crippen molar-refractivity contribution in [3.63, 3.8) is 0 Å². The lowest BCUT2D eigenvalue weighted by Crippen LogP contribution is -2.13. The van der Waals surface area contributed by atoms with Gasteiger partial charge in [-0.25, -0.2) is 0 Å². The summed E-state index contributed by atoms with van der Waals surface area (Å²) in [6, 6.07) is 19.8. The third-order valence-corrected chi connectivity index (χ3v) is 5.33. The maximum absolute atomic E-state index is 4.92. The van der Waals surface area contributed by atoms with Crippen LogP contribution in [0.1, 0.15) is 68.8 Å². The first-order valence-corrected chi connectivity index (χ1v) is 9.23. The highest BCUT2D eigenvalue weighted by atomic mass is 14.7. The van der Waals surface area contributed by atoms with Crippen molar-refractivity contribution >= 4 is 10.9 Å². The van der Waals surface area contributed by atoms with Crippen LogP contribution < -0.4 is 0 Å². The molecule has 2 atom stereocenters. The van der Waals surface area contributed by atoms with Crippen LogP contribution in [0.25, 0.3) is 10.9 Å². The van der Waals surface area contributed by atoms with Crippen LogP contribution in [0.5, 0.6) is 0 Å². The number of fused-ring (bicyclic) bond motifs is 1. The van der Waals surface area contributed by atoms with Crippen molar-refractivity contribution in [1.82, 2.24) is 4.98 Å². The predicted molar refractivity (Wildman–Crippen MR) is 108 cm³/mol. The zero-order chi connectivity index (χ0) is 18.2. The van der Waals surface area contributed by atoms with Crippen molar-refractivity contribution in [1.29, 1.82) is 0 Å². The van der Waals surface area contributed by atoms with Gasteiger partial charge in [-0.15, -0.1) is 0 Å². The lowest BCUT2D eigenvalue weighted by molar-refractivity contribution is 0.579. The summed E-state index contributed by atoms with van der Waals surface area (Å²) in [7, 11) is 0. The third kappa shape index (κ3) is 3.76. The molecular formula is C24H29N. The quantitative estimate of drug-likeness (QED) is 0.517. The Hall–Kier alpha value is -2.15. The number of rotatable bonds is 3. The highest BCUT2D eigenvalue weighted by molar-refractivity contribution is 5.78. The van der Waals surface area contributed by atoms with Crippen molar-refractivity contribution in [2.45, 2.75) is 58.8 Å². The van der Waals surface area contributed by atoms with Crippen LogP contribution in [0.15, 0.2) is 54.6 Å². The lowest BCUT2D eigenvalue weighted by atomic mass is 9.80. The smallest absolute Gasteiger partial charge is 0.0705 e. The van der Waals surface area contributed by atoms with Crippen molar-refractivity contribution < 1.29 is 0 Å². The molecule has 0 unspecified atom stereocenters. The molecule has 25 heavy (non-hydrogen) atoms. The van der Waals surface area contributed by atoms with Gasteiger partial charge in [-0.3, -0.25) is 4.98 Å². The first kappa shape index (κ1) is 17.7. The summed E-state index contributed by atoms with van der Waals surface area (Å²) in [4.78, 5) is 4.92. The van der Waals surface area contributed by atoms with Gasteiger partial charge >= 0.3 is 0 Å². The average molecular weight is 332 g/mol. The van der Waals surface area contributed by atoms with Crippen molar-refractivity contribution in [2.24, 2.45) is 0 Å². The molecule has 0 saturated heterocycles. The second kappa shape index (κ2) is 6.63. The van der Waals surface area contributed by atoms with E-state index >= 15 is 0 Å². The number of nitrogens with zero attached hydrogens (tertiary/aromatic N) is 1. The molecule has 1 heterocycles. The number of para-hydroxylation sites is 1. The molecule has 0 saturated carbocycles. The lowest BCUT2D eigenvalue weighted by Gasteiger charge is -2.25. The Bertz CT molecular complexity index is 886. The molecule has 3 rings (SSSR count). The molecule has 0 N–H and O–H groups in total. The third-order valence-electron chi connectivity index (χ3n) is 5.33. The van der Waals surface area contributed by atoms with Gasteiger partial charge < -0.3 is 0 Å². The summed E-state index contributed by atoms with van der Waals surface area (Å²) < 4.78 is 0. The average Bonchev–Trinajstić information content (AvgIpc) is 2.58. The molecule has 0 aliphatic carbocycles. The summed E-state index contributed by atoms with van der Waals surface area (Å²) in [6.45, 7) is 13.7. The van der Waals surface area contributed by atoms with E-state index in [0.717, 1.165) is 5.52 Å². The largest absolute Gasteiger partial charge is 0.253 e. The molecule has 0 bridgehead atoms. The SMILES string of the molecule is Cc1cc([C@@H](C)[C@@H](C)c2ccc3ccccc3n2)cc(C(C)(C)C)c1. The van der Waals surface area contributed by atoms with Gasteiger partial charge in [-0.05, 0) is 41.5 Å². The fourth-order valence-electron chi connectivity index (χ4n) is 3.39. The van der Waals surface area contributed by atoms with E-state index in [2.05, 4.69) is 96.1 Å². The molecule has 3 aromatic rings. The van der Waals surface area contributed by atoms with Gasteiger partial charge in [0.25, 0.3) is 0 Å². The minimum absolute atomic E-state index is 0.172. The van der Waals surface area contributed by atoms with Crippen LogP contribution in [0, 0.1) is 6.92 Å². The van der Waals surface area contributed by atoms with E-state index < -0.39 is 0 Å². The van der Waals surface area contributed by atoms with Crippen molar-refractivity contribution in [2.75, 3.05) is 0 Å². The van der Waals surface area contributed by atoms with Gasteiger partial charge in [0.15, 0.2) is 0 Å². The Morgan fingerprint density at radius 3 is 2.28 bits per heavy atom. The number of aromatic nitrogens is 1. The molecule has 0 aliphatic heterocycles. The highest BCUT2D eigenvalue weighted by Crippen LogP contribution is 2.35.